The van der Waals surface area contributed by atoms with Crippen LogP contribution in [0.15, 0.2) is 0 Å². The molecule has 1 aliphatic rings. The zero-order valence-electron chi connectivity index (χ0n) is 10.6. The molecule has 0 aromatic carbocycles. The minimum Gasteiger partial charge on any atom is -0.353 e. The van der Waals surface area contributed by atoms with E-state index in [0.717, 1.165) is 6.54 Å². The van der Waals surface area contributed by atoms with Crippen LogP contribution in [-0.2, 0) is 4.79 Å². The summed E-state index contributed by atoms with van der Waals surface area (Å²) in [6, 6.07) is 0. The van der Waals surface area contributed by atoms with Gasteiger partial charge in [-0.15, -0.1) is 0 Å². The Kier molecular flexibility index (Phi) is 5.25. The van der Waals surface area contributed by atoms with Gasteiger partial charge in [-0.3, -0.25) is 4.79 Å². The smallest absolute Gasteiger partial charge is 0.233 e. The first-order valence-corrected chi connectivity index (χ1v) is 6.99. The summed E-state index contributed by atoms with van der Waals surface area (Å²) >= 11 is 3.29. The summed E-state index contributed by atoms with van der Waals surface area (Å²) in [5, 5.41) is 3.05. The molecule has 1 saturated carbocycles. The number of nitrogens with zero attached hydrogens (tertiary/aromatic N) is 1. The Morgan fingerprint density at radius 3 is 2.38 bits per heavy atom. The SMILES string of the molecule is CC(Br)C(=O)NCC1(N(C)C)CCCCC1. The molecule has 4 heteroatoms. The topological polar surface area (TPSA) is 32.3 Å². The molecular weight excluding hydrogens is 268 g/mol. The van der Waals surface area contributed by atoms with Gasteiger partial charge in [0.15, 0.2) is 0 Å². The maximum absolute atomic E-state index is 11.6. The standard InChI is InChI=1S/C12H23BrN2O/c1-10(13)11(16)14-9-12(15(2)3)7-5-4-6-8-12/h10H,4-9H2,1-3H3,(H,14,16). The van der Waals surface area contributed by atoms with Crippen molar-refractivity contribution in [1.82, 2.24) is 10.2 Å². The molecule has 1 N–H and O–H groups in total. The summed E-state index contributed by atoms with van der Waals surface area (Å²) in [4.78, 5) is 13.8. The van der Waals surface area contributed by atoms with Gasteiger partial charge in [-0.25, -0.2) is 0 Å². The van der Waals surface area contributed by atoms with Crippen molar-refractivity contribution in [2.45, 2.75) is 49.4 Å². The number of nitrogens with one attached hydrogen (secondary N) is 1. The van der Waals surface area contributed by atoms with Crippen LogP contribution in [0.2, 0.25) is 0 Å². The van der Waals surface area contributed by atoms with Gasteiger partial charge < -0.3 is 10.2 Å². The molecule has 16 heavy (non-hydrogen) atoms. The van der Waals surface area contributed by atoms with Gasteiger partial charge in [0.2, 0.25) is 5.91 Å². The third-order valence-corrected chi connectivity index (χ3v) is 4.10. The van der Waals surface area contributed by atoms with Gasteiger partial charge in [-0.1, -0.05) is 35.2 Å². The number of alkyl halides is 1. The van der Waals surface area contributed by atoms with E-state index in [4.69, 9.17) is 0 Å². The highest BCUT2D eigenvalue weighted by Crippen LogP contribution is 2.31. The second kappa shape index (κ2) is 6.01. The van der Waals surface area contributed by atoms with E-state index in [1.54, 1.807) is 0 Å². The van der Waals surface area contributed by atoms with Crippen molar-refractivity contribution in [3.63, 3.8) is 0 Å². The van der Waals surface area contributed by atoms with Crippen LogP contribution >= 0.6 is 15.9 Å². The third-order valence-electron chi connectivity index (χ3n) is 3.69. The molecule has 0 saturated heterocycles. The zero-order chi connectivity index (χ0) is 12.2. The van der Waals surface area contributed by atoms with Crippen LogP contribution in [0.3, 0.4) is 0 Å². The quantitative estimate of drug-likeness (QED) is 0.805. The molecule has 0 bridgehead atoms. The van der Waals surface area contributed by atoms with Crippen LogP contribution in [0, 0.1) is 0 Å². The number of hydrogen-bond donors (Lipinski definition) is 1. The number of carbonyl (C=O) groups is 1. The van der Waals surface area contributed by atoms with Crippen molar-refractivity contribution >= 4 is 21.8 Å². The average molecular weight is 291 g/mol. The van der Waals surface area contributed by atoms with Crippen LogP contribution in [0.1, 0.15) is 39.0 Å². The lowest BCUT2D eigenvalue weighted by atomic mass is 9.80. The zero-order valence-corrected chi connectivity index (χ0v) is 12.1. The van der Waals surface area contributed by atoms with E-state index in [2.05, 4.69) is 40.2 Å². The Bertz CT molecular complexity index is 235. The maximum atomic E-state index is 11.6. The lowest BCUT2D eigenvalue weighted by molar-refractivity contribution is -0.120. The third kappa shape index (κ3) is 3.45. The molecule has 0 spiro atoms. The lowest BCUT2D eigenvalue weighted by Crippen LogP contribution is -2.54. The van der Waals surface area contributed by atoms with Crippen molar-refractivity contribution in [1.29, 1.82) is 0 Å². The number of carbonyl (C=O) groups excluding carboxylic acids is 1. The van der Waals surface area contributed by atoms with E-state index in [0.29, 0.717) is 0 Å². The van der Waals surface area contributed by atoms with Crippen molar-refractivity contribution in [2.75, 3.05) is 20.6 Å². The average Bonchev–Trinajstić information content (AvgIpc) is 2.26. The summed E-state index contributed by atoms with van der Waals surface area (Å²) in [6.45, 7) is 2.63. The molecule has 0 aliphatic heterocycles. The van der Waals surface area contributed by atoms with E-state index < -0.39 is 0 Å². The number of rotatable bonds is 4. The number of amides is 1. The van der Waals surface area contributed by atoms with Gasteiger partial charge in [-0.05, 0) is 33.9 Å². The second-order valence-corrected chi connectivity index (χ2v) is 6.39. The number of hydrogen-bond acceptors (Lipinski definition) is 2. The highest BCUT2D eigenvalue weighted by molar-refractivity contribution is 9.10. The number of halogens is 1. The summed E-state index contributed by atoms with van der Waals surface area (Å²) in [7, 11) is 4.24. The van der Waals surface area contributed by atoms with E-state index in [1.165, 1.54) is 32.1 Å². The fraction of sp³-hybridized carbons (Fsp3) is 0.917. The van der Waals surface area contributed by atoms with Gasteiger partial charge in [0.1, 0.15) is 0 Å². The van der Waals surface area contributed by atoms with Crippen molar-refractivity contribution < 1.29 is 4.79 Å². The lowest BCUT2D eigenvalue weighted by Gasteiger charge is -2.43. The minimum absolute atomic E-state index is 0.0896. The number of likely N-dealkylation sites (N-methyl/N-ethyl adjacent to an activating group) is 1. The Balaban J connectivity index is 2.54. The van der Waals surface area contributed by atoms with Gasteiger partial charge in [0, 0.05) is 12.1 Å². The van der Waals surface area contributed by atoms with Crippen molar-refractivity contribution in [3.8, 4) is 0 Å². The summed E-state index contributed by atoms with van der Waals surface area (Å²) in [5.74, 6) is 0.0896. The molecule has 0 aromatic rings. The molecule has 1 rings (SSSR count). The molecule has 1 aliphatic carbocycles. The molecule has 94 valence electrons. The predicted molar refractivity (Wildman–Crippen MR) is 70.9 cm³/mol. The Hall–Kier alpha value is -0.0900. The van der Waals surface area contributed by atoms with Crippen LogP contribution in [-0.4, -0.2) is 41.8 Å². The fourth-order valence-corrected chi connectivity index (χ4v) is 2.55. The van der Waals surface area contributed by atoms with Crippen LogP contribution < -0.4 is 5.32 Å². The Morgan fingerprint density at radius 2 is 1.94 bits per heavy atom. The molecular formula is C12H23BrN2O. The predicted octanol–water partition coefficient (Wildman–Crippen LogP) is 2.15. The highest BCUT2D eigenvalue weighted by atomic mass is 79.9. The molecule has 0 radical (unpaired) electrons. The van der Waals surface area contributed by atoms with Gasteiger partial charge in [0.05, 0.1) is 4.83 Å². The fourth-order valence-electron chi connectivity index (χ4n) is 2.38. The molecule has 3 nitrogen and oxygen atoms in total. The first-order valence-electron chi connectivity index (χ1n) is 6.07. The first-order chi connectivity index (χ1) is 7.48. The summed E-state index contributed by atoms with van der Waals surface area (Å²) in [5.41, 5.74) is 0.176. The van der Waals surface area contributed by atoms with Crippen LogP contribution in [0.4, 0.5) is 0 Å². The van der Waals surface area contributed by atoms with E-state index in [-0.39, 0.29) is 16.3 Å². The Morgan fingerprint density at radius 1 is 1.38 bits per heavy atom. The highest BCUT2D eigenvalue weighted by Gasteiger charge is 2.34. The molecule has 1 unspecified atom stereocenters. The molecule has 1 atom stereocenters. The van der Waals surface area contributed by atoms with Gasteiger partial charge in [0.25, 0.3) is 0 Å². The monoisotopic (exact) mass is 290 g/mol. The molecule has 1 amide bonds. The van der Waals surface area contributed by atoms with E-state index in [1.807, 2.05) is 6.92 Å². The van der Waals surface area contributed by atoms with E-state index >= 15 is 0 Å². The maximum Gasteiger partial charge on any atom is 0.233 e. The van der Waals surface area contributed by atoms with Crippen molar-refractivity contribution in [3.05, 3.63) is 0 Å². The van der Waals surface area contributed by atoms with Gasteiger partial charge >= 0.3 is 0 Å². The molecule has 1 fully saturated rings. The summed E-state index contributed by atoms with van der Waals surface area (Å²) in [6.07, 6.45) is 6.27. The summed E-state index contributed by atoms with van der Waals surface area (Å²) < 4.78 is 0. The Labute approximate surface area is 107 Å². The van der Waals surface area contributed by atoms with Crippen LogP contribution in [0.5, 0.6) is 0 Å². The minimum atomic E-state index is -0.102. The first kappa shape index (κ1) is 14.0. The second-order valence-electron chi connectivity index (χ2n) is 5.01. The van der Waals surface area contributed by atoms with E-state index in [9.17, 15) is 4.79 Å². The van der Waals surface area contributed by atoms with Crippen molar-refractivity contribution in [2.24, 2.45) is 0 Å². The van der Waals surface area contributed by atoms with Gasteiger partial charge in [-0.2, -0.15) is 0 Å². The van der Waals surface area contributed by atoms with Crippen LogP contribution in [0.25, 0.3) is 0 Å². The molecule has 0 aromatic heterocycles. The molecule has 0 heterocycles. The normalized spacial score (nSPS) is 21.8. The largest absolute Gasteiger partial charge is 0.353 e.